The van der Waals surface area contributed by atoms with Gasteiger partial charge in [0.1, 0.15) is 0 Å². The van der Waals surface area contributed by atoms with E-state index >= 15 is 0 Å². The van der Waals surface area contributed by atoms with Gasteiger partial charge in [0.05, 0.1) is 6.10 Å². The van der Waals surface area contributed by atoms with E-state index in [2.05, 4.69) is 62.3 Å². The number of hydrogen-bond donors (Lipinski definition) is 1. The molecule has 29 heavy (non-hydrogen) atoms. The van der Waals surface area contributed by atoms with Gasteiger partial charge in [-0.15, -0.1) is 24.0 Å². The summed E-state index contributed by atoms with van der Waals surface area (Å²) < 4.78 is 5.75. The molecule has 0 bridgehead atoms. The van der Waals surface area contributed by atoms with Gasteiger partial charge >= 0.3 is 0 Å². The Kier molecular flexibility index (Phi) is 11.3. The second-order valence-electron chi connectivity index (χ2n) is 7.72. The van der Waals surface area contributed by atoms with Crippen LogP contribution in [0.25, 0.3) is 0 Å². The minimum atomic E-state index is 0. The third kappa shape index (κ3) is 8.03. The maximum Gasteiger partial charge on any atom is 0.193 e. The first kappa shape index (κ1) is 24.4. The highest BCUT2D eigenvalue weighted by Crippen LogP contribution is 2.13. The second-order valence-corrected chi connectivity index (χ2v) is 7.72. The fourth-order valence-electron chi connectivity index (χ4n) is 4.14. The lowest BCUT2D eigenvalue weighted by atomic mass is 10.1. The molecule has 7 heteroatoms. The van der Waals surface area contributed by atoms with Gasteiger partial charge in [-0.05, 0) is 25.3 Å². The zero-order chi connectivity index (χ0) is 19.6. The Morgan fingerprint density at radius 2 is 1.69 bits per heavy atom. The number of halogens is 1. The number of piperidine rings is 1. The van der Waals surface area contributed by atoms with Crippen molar-refractivity contribution in [3.63, 3.8) is 0 Å². The molecule has 2 heterocycles. The fraction of sp³-hybridized carbons (Fsp3) is 0.682. The predicted octanol–water partition coefficient (Wildman–Crippen LogP) is 2.50. The van der Waals surface area contributed by atoms with Crippen LogP contribution in [0.1, 0.15) is 25.3 Å². The van der Waals surface area contributed by atoms with E-state index in [1.54, 1.807) is 0 Å². The minimum Gasteiger partial charge on any atom is -0.378 e. The highest BCUT2D eigenvalue weighted by atomic mass is 127. The average Bonchev–Trinajstić information content (AvgIpc) is 2.74. The van der Waals surface area contributed by atoms with Crippen LogP contribution in [-0.2, 0) is 11.3 Å². The number of aliphatic imine (C=N–C) groups is 1. The van der Waals surface area contributed by atoms with Crippen molar-refractivity contribution in [3.8, 4) is 0 Å². The zero-order valence-corrected chi connectivity index (χ0v) is 20.4. The monoisotopic (exact) mass is 515 g/mol. The van der Waals surface area contributed by atoms with Crippen molar-refractivity contribution in [1.82, 2.24) is 20.0 Å². The number of piperazine rings is 1. The van der Waals surface area contributed by atoms with Crippen LogP contribution in [0.15, 0.2) is 35.3 Å². The number of hydrogen-bond acceptors (Lipinski definition) is 4. The molecule has 0 spiro atoms. The molecule has 0 amide bonds. The fourth-order valence-corrected chi connectivity index (χ4v) is 4.14. The number of likely N-dealkylation sites (tertiary alicyclic amines) is 1. The summed E-state index contributed by atoms with van der Waals surface area (Å²) in [6.07, 6.45) is 2.61. The molecule has 0 radical (unpaired) electrons. The lowest BCUT2D eigenvalue weighted by molar-refractivity contribution is 0.0263. The molecule has 0 atom stereocenters. The molecule has 1 aromatic rings. The van der Waals surface area contributed by atoms with Crippen molar-refractivity contribution in [1.29, 1.82) is 0 Å². The molecule has 3 rings (SSSR count). The molecule has 2 fully saturated rings. The van der Waals surface area contributed by atoms with E-state index in [0.29, 0.717) is 6.10 Å². The highest BCUT2D eigenvalue weighted by molar-refractivity contribution is 14.0. The van der Waals surface area contributed by atoms with Crippen molar-refractivity contribution in [2.75, 3.05) is 66.0 Å². The van der Waals surface area contributed by atoms with E-state index in [-0.39, 0.29) is 24.0 Å². The van der Waals surface area contributed by atoms with Crippen LogP contribution in [-0.4, -0.2) is 92.8 Å². The van der Waals surface area contributed by atoms with Gasteiger partial charge in [0.15, 0.2) is 5.96 Å². The Morgan fingerprint density at radius 1 is 1.03 bits per heavy atom. The van der Waals surface area contributed by atoms with Gasteiger partial charge in [0.25, 0.3) is 0 Å². The van der Waals surface area contributed by atoms with Gasteiger partial charge in [-0.25, -0.2) is 0 Å². The number of benzene rings is 1. The number of rotatable bonds is 7. The Hall–Kier alpha value is -0.900. The molecule has 2 aliphatic rings. The molecule has 0 aromatic heterocycles. The minimum absolute atomic E-state index is 0. The summed E-state index contributed by atoms with van der Waals surface area (Å²) in [6.45, 7) is 12.6. The van der Waals surface area contributed by atoms with Crippen LogP contribution in [0.5, 0.6) is 0 Å². The first-order valence-corrected chi connectivity index (χ1v) is 10.8. The Labute approximate surface area is 193 Å². The van der Waals surface area contributed by atoms with Crippen LogP contribution >= 0.6 is 24.0 Å². The highest BCUT2D eigenvalue weighted by Gasteiger charge is 2.22. The van der Waals surface area contributed by atoms with Crippen molar-refractivity contribution in [2.45, 2.75) is 32.4 Å². The smallest absolute Gasteiger partial charge is 0.193 e. The van der Waals surface area contributed by atoms with E-state index < -0.39 is 0 Å². The Balaban J connectivity index is 0.00000300. The number of nitrogens with one attached hydrogen (secondary N) is 1. The zero-order valence-electron chi connectivity index (χ0n) is 18.1. The molecule has 2 saturated heterocycles. The van der Waals surface area contributed by atoms with E-state index in [9.17, 15) is 0 Å². The lowest BCUT2D eigenvalue weighted by Crippen LogP contribution is -2.50. The van der Waals surface area contributed by atoms with Gasteiger partial charge in [-0.1, -0.05) is 30.3 Å². The van der Waals surface area contributed by atoms with Crippen molar-refractivity contribution in [3.05, 3.63) is 35.9 Å². The van der Waals surface area contributed by atoms with Crippen LogP contribution in [0.2, 0.25) is 0 Å². The molecule has 164 valence electrons. The van der Waals surface area contributed by atoms with Crippen LogP contribution < -0.4 is 5.32 Å². The summed E-state index contributed by atoms with van der Waals surface area (Å²) in [5, 5.41) is 3.56. The Morgan fingerprint density at radius 3 is 2.31 bits per heavy atom. The van der Waals surface area contributed by atoms with E-state index in [1.165, 1.54) is 5.56 Å². The topological polar surface area (TPSA) is 43.3 Å². The van der Waals surface area contributed by atoms with Gasteiger partial charge < -0.3 is 15.0 Å². The number of ether oxygens (including phenoxy) is 1. The summed E-state index contributed by atoms with van der Waals surface area (Å²) in [7, 11) is 1.89. The molecule has 1 N–H and O–H groups in total. The molecule has 0 aliphatic carbocycles. The molecule has 6 nitrogen and oxygen atoms in total. The average molecular weight is 515 g/mol. The van der Waals surface area contributed by atoms with Crippen LogP contribution in [0.4, 0.5) is 0 Å². The maximum atomic E-state index is 5.75. The van der Waals surface area contributed by atoms with Gasteiger partial charge in [0.2, 0.25) is 0 Å². The standard InChI is InChI=1S/C22H37N5O.HI/c1-3-28-21-9-12-27(13-10-21)22(23-2)24-11-14-25-15-17-26(18-16-25)19-20-7-5-4-6-8-20;/h4-8,21H,3,9-19H2,1-2H3,(H,23,24);1H. The predicted molar refractivity (Wildman–Crippen MR) is 131 cm³/mol. The molecular weight excluding hydrogens is 477 g/mol. The van der Waals surface area contributed by atoms with Gasteiger partial charge in [-0.2, -0.15) is 0 Å². The third-order valence-corrected chi connectivity index (χ3v) is 5.78. The SMILES string of the molecule is CCOC1CCN(C(=NC)NCCN2CCN(Cc3ccccc3)CC2)CC1.I. The number of nitrogens with zero attached hydrogens (tertiary/aromatic N) is 4. The second kappa shape index (κ2) is 13.4. The molecular formula is C22H38IN5O. The van der Waals surface area contributed by atoms with E-state index in [4.69, 9.17) is 4.74 Å². The largest absolute Gasteiger partial charge is 0.378 e. The van der Waals surface area contributed by atoms with E-state index in [0.717, 1.165) is 84.3 Å². The Bertz CT molecular complexity index is 584. The first-order valence-electron chi connectivity index (χ1n) is 10.8. The van der Waals surface area contributed by atoms with E-state index in [1.807, 2.05) is 7.05 Å². The molecule has 1 aromatic carbocycles. The van der Waals surface area contributed by atoms with Crippen molar-refractivity contribution in [2.24, 2.45) is 4.99 Å². The summed E-state index contributed by atoms with van der Waals surface area (Å²) in [5.74, 6) is 1.04. The summed E-state index contributed by atoms with van der Waals surface area (Å²) in [5.41, 5.74) is 1.41. The quantitative estimate of drug-likeness (QED) is 0.344. The summed E-state index contributed by atoms with van der Waals surface area (Å²) in [4.78, 5) is 12.0. The van der Waals surface area contributed by atoms with Crippen molar-refractivity contribution >= 4 is 29.9 Å². The number of guanidine groups is 1. The first-order chi connectivity index (χ1) is 13.8. The maximum absolute atomic E-state index is 5.75. The summed E-state index contributed by atoms with van der Waals surface area (Å²) >= 11 is 0. The van der Waals surface area contributed by atoms with Crippen LogP contribution in [0, 0.1) is 0 Å². The van der Waals surface area contributed by atoms with Gasteiger partial charge in [0, 0.05) is 72.6 Å². The normalized spacial score (nSPS) is 19.8. The third-order valence-electron chi connectivity index (χ3n) is 5.78. The van der Waals surface area contributed by atoms with Crippen LogP contribution in [0.3, 0.4) is 0 Å². The van der Waals surface area contributed by atoms with Gasteiger partial charge in [-0.3, -0.25) is 14.8 Å². The lowest BCUT2D eigenvalue weighted by Gasteiger charge is -2.36. The molecule has 2 aliphatic heterocycles. The van der Waals surface area contributed by atoms with Crippen molar-refractivity contribution < 1.29 is 4.74 Å². The molecule has 0 unspecified atom stereocenters. The molecule has 0 saturated carbocycles. The summed E-state index contributed by atoms with van der Waals surface area (Å²) in [6, 6.07) is 10.8.